The minimum absolute atomic E-state index is 0.148. The van der Waals surface area contributed by atoms with Crippen LogP contribution in [-0.2, 0) is 0 Å². The van der Waals surface area contributed by atoms with E-state index in [1.54, 1.807) is 6.20 Å². The second-order valence-electron chi connectivity index (χ2n) is 6.41. The molecule has 134 valence electrons. The zero-order chi connectivity index (χ0) is 18.5. The lowest BCUT2D eigenvalue weighted by Crippen LogP contribution is -2.05. The number of benzene rings is 2. The van der Waals surface area contributed by atoms with Crippen molar-refractivity contribution in [1.82, 2.24) is 15.2 Å². The third-order valence-corrected chi connectivity index (χ3v) is 3.82. The van der Waals surface area contributed by atoms with Crippen molar-refractivity contribution >= 4 is 23.1 Å². The second-order valence-corrected chi connectivity index (χ2v) is 6.41. The van der Waals surface area contributed by atoms with Gasteiger partial charge < -0.3 is 15.4 Å². The Morgan fingerprint density at radius 2 is 1.62 bits per heavy atom. The Bertz CT molecular complexity index is 878. The van der Waals surface area contributed by atoms with E-state index in [1.807, 2.05) is 44.2 Å². The van der Waals surface area contributed by atoms with Gasteiger partial charge in [0.2, 0.25) is 5.95 Å². The van der Waals surface area contributed by atoms with Crippen molar-refractivity contribution in [2.75, 3.05) is 10.6 Å². The summed E-state index contributed by atoms with van der Waals surface area (Å²) < 4.78 is 5.64. The summed E-state index contributed by atoms with van der Waals surface area (Å²) in [5.41, 5.74) is 4.31. The molecule has 0 aliphatic carbocycles. The first kappa shape index (κ1) is 17.7. The summed E-state index contributed by atoms with van der Waals surface area (Å²) in [5, 5.41) is 14.5. The number of aromatic nitrogens is 3. The molecule has 0 bridgehead atoms. The molecular formula is C20H23N5O. The zero-order valence-electron chi connectivity index (χ0n) is 15.4. The standard InChI is InChI=1S/C20H23N5O/c1-13(2)26-18-9-7-16(8-10-18)23-20-24-19(12-21-25-20)22-17-6-5-14(3)15(4)11-17/h5-13H,1-4H3,(H2,22,23,24,25). The number of anilines is 4. The highest BCUT2D eigenvalue weighted by Gasteiger charge is 2.04. The van der Waals surface area contributed by atoms with Crippen molar-refractivity contribution in [3.63, 3.8) is 0 Å². The Labute approximate surface area is 153 Å². The van der Waals surface area contributed by atoms with Gasteiger partial charge >= 0.3 is 0 Å². The van der Waals surface area contributed by atoms with Gasteiger partial charge in [-0.2, -0.15) is 10.1 Å². The van der Waals surface area contributed by atoms with E-state index in [0.717, 1.165) is 17.1 Å². The van der Waals surface area contributed by atoms with E-state index in [4.69, 9.17) is 4.74 Å². The van der Waals surface area contributed by atoms with E-state index < -0.39 is 0 Å². The molecule has 0 saturated carbocycles. The minimum Gasteiger partial charge on any atom is -0.491 e. The smallest absolute Gasteiger partial charge is 0.249 e. The maximum absolute atomic E-state index is 5.64. The lowest BCUT2D eigenvalue weighted by molar-refractivity contribution is 0.242. The van der Waals surface area contributed by atoms with Gasteiger partial charge in [0, 0.05) is 11.4 Å². The molecule has 0 unspecified atom stereocenters. The molecule has 0 fully saturated rings. The van der Waals surface area contributed by atoms with Gasteiger partial charge in [0.05, 0.1) is 12.3 Å². The number of ether oxygens (including phenoxy) is 1. The van der Waals surface area contributed by atoms with E-state index in [2.05, 4.69) is 51.8 Å². The molecule has 2 N–H and O–H groups in total. The van der Waals surface area contributed by atoms with Crippen LogP contribution in [0.1, 0.15) is 25.0 Å². The Balaban J connectivity index is 1.69. The number of rotatable bonds is 6. The molecule has 0 saturated heterocycles. The van der Waals surface area contributed by atoms with Crippen molar-refractivity contribution in [1.29, 1.82) is 0 Å². The van der Waals surface area contributed by atoms with Crippen molar-refractivity contribution in [2.45, 2.75) is 33.8 Å². The van der Waals surface area contributed by atoms with Gasteiger partial charge in [-0.25, -0.2) is 0 Å². The fraction of sp³-hybridized carbons (Fsp3) is 0.250. The molecule has 6 heteroatoms. The molecule has 1 heterocycles. The maximum Gasteiger partial charge on any atom is 0.249 e. The third kappa shape index (κ3) is 4.69. The fourth-order valence-corrected chi connectivity index (χ4v) is 2.40. The monoisotopic (exact) mass is 349 g/mol. The molecule has 0 spiro atoms. The van der Waals surface area contributed by atoms with Crippen LogP contribution in [0.4, 0.5) is 23.1 Å². The Kier molecular flexibility index (Phi) is 5.31. The maximum atomic E-state index is 5.64. The molecule has 0 aliphatic rings. The predicted octanol–water partition coefficient (Wildman–Crippen LogP) is 4.76. The van der Waals surface area contributed by atoms with Crippen LogP contribution in [0.3, 0.4) is 0 Å². The number of nitrogens with one attached hydrogen (secondary N) is 2. The van der Waals surface area contributed by atoms with Crippen LogP contribution in [0.15, 0.2) is 48.7 Å². The molecule has 3 rings (SSSR count). The molecule has 0 aliphatic heterocycles. The quantitative estimate of drug-likeness (QED) is 0.668. The molecule has 0 atom stereocenters. The van der Waals surface area contributed by atoms with Crippen LogP contribution in [0.2, 0.25) is 0 Å². The summed E-state index contributed by atoms with van der Waals surface area (Å²) in [6.45, 7) is 8.17. The van der Waals surface area contributed by atoms with E-state index >= 15 is 0 Å². The van der Waals surface area contributed by atoms with Crippen molar-refractivity contribution < 1.29 is 4.74 Å². The van der Waals surface area contributed by atoms with Crippen LogP contribution in [0.25, 0.3) is 0 Å². The van der Waals surface area contributed by atoms with Crippen LogP contribution in [0.5, 0.6) is 5.75 Å². The molecule has 0 amide bonds. The highest BCUT2D eigenvalue weighted by Crippen LogP contribution is 2.21. The highest BCUT2D eigenvalue weighted by atomic mass is 16.5. The van der Waals surface area contributed by atoms with Gasteiger partial charge in [0.25, 0.3) is 0 Å². The Hall–Kier alpha value is -3.15. The van der Waals surface area contributed by atoms with Gasteiger partial charge in [-0.3, -0.25) is 0 Å². The Morgan fingerprint density at radius 3 is 2.31 bits per heavy atom. The van der Waals surface area contributed by atoms with Crippen molar-refractivity contribution in [3.05, 3.63) is 59.8 Å². The van der Waals surface area contributed by atoms with E-state index in [1.165, 1.54) is 11.1 Å². The van der Waals surface area contributed by atoms with E-state index in [9.17, 15) is 0 Å². The topological polar surface area (TPSA) is 72.0 Å². The van der Waals surface area contributed by atoms with Gasteiger partial charge in [-0.05, 0) is 75.2 Å². The summed E-state index contributed by atoms with van der Waals surface area (Å²) in [6, 6.07) is 13.8. The third-order valence-electron chi connectivity index (χ3n) is 3.82. The minimum atomic E-state index is 0.148. The zero-order valence-corrected chi connectivity index (χ0v) is 15.4. The lowest BCUT2D eigenvalue weighted by atomic mass is 10.1. The predicted molar refractivity (Wildman–Crippen MR) is 105 cm³/mol. The largest absolute Gasteiger partial charge is 0.491 e. The summed E-state index contributed by atoms with van der Waals surface area (Å²) in [6.07, 6.45) is 1.74. The average molecular weight is 349 g/mol. The number of aryl methyl sites for hydroxylation is 2. The summed E-state index contributed by atoms with van der Waals surface area (Å²) >= 11 is 0. The highest BCUT2D eigenvalue weighted by molar-refractivity contribution is 5.60. The van der Waals surface area contributed by atoms with Crippen LogP contribution >= 0.6 is 0 Å². The van der Waals surface area contributed by atoms with E-state index in [-0.39, 0.29) is 6.10 Å². The van der Waals surface area contributed by atoms with Crippen molar-refractivity contribution in [3.8, 4) is 5.75 Å². The van der Waals surface area contributed by atoms with Crippen LogP contribution in [0, 0.1) is 13.8 Å². The van der Waals surface area contributed by atoms with Gasteiger partial charge in [0.1, 0.15) is 5.75 Å². The summed E-state index contributed by atoms with van der Waals surface area (Å²) in [7, 11) is 0. The molecule has 3 aromatic rings. The number of hydrogen-bond acceptors (Lipinski definition) is 6. The first-order chi connectivity index (χ1) is 12.5. The normalized spacial score (nSPS) is 10.7. The first-order valence-corrected chi connectivity index (χ1v) is 8.57. The number of nitrogens with zero attached hydrogens (tertiary/aromatic N) is 3. The Morgan fingerprint density at radius 1 is 0.885 bits per heavy atom. The molecule has 2 aromatic carbocycles. The molecular weight excluding hydrogens is 326 g/mol. The molecule has 6 nitrogen and oxygen atoms in total. The first-order valence-electron chi connectivity index (χ1n) is 8.57. The average Bonchev–Trinajstić information content (AvgIpc) is 2.60. The molecule has 0 radical (unpaired) electrons. The van der Waals surface area contributed by atoms with Gasteiger partial charge in [-0.15, -0.1) is 5.10 Å². The fourth-order valence-electron chi connectivity index (χ4n) is 2.40. The molecule has 1 aromatic heterocycles. The second kappa shape index (κ2) is 7.82. The van der Waals surface area contributed by atoms with Crippen LogP contribution < -0.4 is 15.4 Å². The summed E-state index contributed by atoms with van der Waals surface area (Å²) in [5.74, 6) is 1.89. The molecule has 26 heavy (non-hydrogen) atoms. The number of hydrogen-bond donors (Lipinski definition) is 2. The summed E-state index contributed by atoms with van der Waals surface area (Å²) in [4.78, 5) is 4.46. The van der Waals surface area contributed by atoms with E-state index in [0.29, 0.717) is 11.8 Å². The van der Waals surface area contributed by atoms with Gasteiger partial charge in [-0.1, -0.05) is 6.07 Å². The lowest BCUT2D eigenvalue weighted by Gasteiger charge is -2.11. The SMILES string of the molecule is Cc1ccc(Nc2cnnc(Nc3ccc(OC(C)C)cc3)n2)cc1C. The van der Waals surface area contributed by atoms with Crippen molar-refractivity contribution in [2.24, 2.45) is 0 Å². The van der Waals surface area contributed by atoms with Gasteiger partial charge in [0.15, 0.2) is 5.82 Å². The van der Waals surface area contributed by atoms with Crippen LogP contribution in [-0.4, -0.2) is 21.3 Å².